The van der Waals surface area contributed by atoms with Crippen molar-refractivity contribution in [3.8, 4) is 0 Å². The molecule has 0 spiro atoms. The van der Waals surface area contributed by atoms with Gasteiger partial charge in [-0.1, -0.05) is 0 Å². The normalized spacial score (nSPS) is 15.6. The minimum Gasteiger partial charge on any atom is -0.396 e. The van der Waals surface area contributed by atoms with E-state index in [1.54, 1.807) is 4.90 Å². The van der Waals surface area contributed by atoms with Gasteiger partial charge in [-0.2, -0.15) is 0 Å². The van der Waals surface area contributed by atoms with Crippen LogP contribution in [0, 0.1) is 0 Å². The van der Waals surface area contributed by atoms with Gasteiger partial charge in [-0.25, -0.2) is 0 Å². The van der Waals surface area contributed by atoms with Crippen molar-refractivity contribution in [1.29, 1.82) is 0 Å². The van der Waals surface area contributed by atoms with Gasteiger partial charge in [0.05, 0.1) is 11.6 Å². The summed E-state index contributed by atoms with van der Waals surface area (Å²) >= 11 is 1.54. The summed E-state index contributed by atoms with van der Waals surface area (Å²) in [6, 6.07) is 0. The van der Waals surface area contributed by atoms with Crippen LogP contribution in [0.5, 0.6) is 0 Å². The lowest BCUT2D eigenvalue weighted by Crippen LogP contribution is -2.38. The highest BCUT2D eigenvalue weighted by molar-refractivity contribution is 8.00. The number of thioether (sulfide) groups is 1. The average molecular weight is 246 g/mol. The van der Waals surface area contributed by atoms with Crippen molar-refractivity contribution in [1.82, 2.24) is 10.2 Å². The Kier molecular flexibility index (Phi) is 6.25. The van der Waals surface area contributed by atoms with Gasteiger partial charge in [0.1, 0.15) is 6.54 Å². The number of nitrogens with zero attached hydrogens (tertiary/aromatic N) is 1. The van der Waals surface area contributed by atoms with Crippen LogP contribution in [0.2, 0.25) is 0 Å². The van der Waals surface area contributed by atoms with Crippen molar-refractivity contribution in [3.05, 3.63) is 0 Å². The molecular formula is C10H18N2O3S. The Bertz CT molecular complexity index is 248. The lowest BCUT2D eigenvalue weighted by molar-refractivity contribution is -0.132. The first-order valence-corrected chi connectivity index (χ1v) is 6.62. The Hall–Kier alpha value is -0.750. The molecule has 0 aliphatic carbocycles. The number of aliphatic hydroxyl groups excluding tert-OH is 1. The maximum atomic E-state index is 11.4. The third-order valence-electron chi connectivity index (χ3n) is 2.32. The Morgan fingerprint density at radius 3 is 2.88 bits per heavy atom. The first kappa shape index (κ1) is 13.3. The highest BCUT2D eigenvalue weighted by Gasteiger charge is 2.22. The van der Waals surface area contributed by atoms with Gasteiger partial charge in [0, 0.05) is 13.2 Å². The van der Waals surface area contributed by atoms with Crippen LogP contribution in [0.25, 0.3) is 0 Å². The Morgan fingerprint density at radius 2 is 2.25 bits per heavy atom. The van der Waals surface area contributed by atoms with E-state index in [1.165, 1.54) is 11.8 Å². The minimum absolute atomic E-state index is 0.0421. The topological polar surface area (TPSA) is 69.6 Å². The van der Waals surface area contributed by atoms with Crippen molar-refractivity contribution in [2.45, 2.75) is 19.3 Å². The van der Waals surface area contributed by atoms with E-state index in [-0.39, 0.29) is 25.0 Å². The molecular weight excluding hydrogens is 228 g/mol. The molecule has 0 saturated carbocycles. The van der Waals surface area contributed by atoms with Crippen LogP contribution in [-0.4, -0.2) is 53.1 Å². The Balaban J connectivity index is 2.04. The van der Waals surface area contributed by atoms with Crippen LogP contribution in [0.15, 0.2) is 0 Å². The van der Waals surface area contributed by atoms with Crippen LogP contribution in [0.4, 0.5) is 0 Å². The van der Waals surface area contributed by atoms with Gasteiger partial charge in [0.2, 0.25) is 11.8 Å². The molecule has 1 saturated heterocycles. The molecule has 0 bridgehead atoms. The summed E-state index contributed by atoms with van der Waals surface area (Å²) in [6.45, 7) is 0.993. The number of carbonyl (C=O) groups excluding carboxylic acids is 2. The van der Waals surface area contributed by atoms with Crippen LogP contribution in [0.1, 0.15) is 19.3 Å². The fourth-order valence-electron chi connectivity index (χ4n) is 1.41. The van der Waals surface area contributed by atoms with Gasteiger partial charge >= 0.3 is 0 Å². The predicted octanol–water partition coefficient (Wildman–Crippen LogP) is -0.202. The molecule has 1 aliphatic rings. The molecule has 1 fully saturated rings. The molecule has 16 heavy (non-hydrogen) atoms. The van der Waals surface area contributed by atoms with Crippen LogP contribution >= 0.6 is 11.8 Å². The van der Waals surface area contributed by atoms with E-state index in [9.17, 15) is 9.59 Å². The van der Waals surface area contributed by atoms with E-state index in [2.05, 4.69) is 5.32 Å². The SMILES string of the molecule is O=C(CN1CSCC1=O)NCCCCCO. The molecule has 2 N–H and O–H groups in total. The van der Waals surface area contributed by atoms with E-state index >= 15 is 0 Å². The first-order valence-electron chi connectivity index (χ1n) is 5.47. The third-order valence-corrected chi connectivity index (χ3v) is 3.26. The maximum Gasteiger partial charge on any atom is 0.239 e. The molecule has 0 aromatic carbocycles. The largest absolute Gasteiger partial charge is 0.396 e. The van der Waals surface area contributed by atoms with Crippen molar-refractivity contribution < 1.29 is 14.7 Å². The molecule has 0 unspecified atom stereocenters. The zero-order valence-electron chi connectivity index (χ0n) is 9.28. The number of hydrogen-bond donors (Lipinski definition) is 2. The number of amides is 2. The zero-order chi connectivity index (χ0) is 11.8. The Morgan fingerprint density at radius 1 is 1.44 bits per heavy atom. The number of nitrogens with one attached hydrogen (secondary N) is 1. The molecule has 1 aliphatic heterocycles. The predicted molar refractivity (Wildman–Crippen MR) is 63.0 cm³/mol. The summed E-state index contributed by atoms with van der Waals surface area (Å²) in [7, 11) is 0. The number of aliphatic hydroxyl groups is 1. The molecule has 6 heteroatoms. The van der Waals surface area contributed by atoms with Crippen molar-refractivity contribution in [2.75, 3.05) is 31.3 Å². The average Bonchev–Trinajstić information content (AvgIpc) is 2.64. The second-order valence-corrected chi connectivity index (χ2v) is 4.66. The second kappa shape index (κ2) is 7.51. The van der Waals surface area contributed by atoms with Crippen molar-refractivity contribution in [2.24, 2.45) is 0 Å². The summed E-state index contributed by atoms with van der Waals surface area (Å²) in [4.78, 5) is 24.2. The van der Waals surface area contributed by atoms with Crippen molar-refractivity contribution >= 4 is 23.6 Å². The van der Waals surface area contributed by atoms with E-state index in [0.717, 1.165) is 19.3 Å². The zero-order valence-corrected chi connectivity index (χ0v) is 10.1. The third kappa shape index (κ3) is 4.85. The molecule has 0 radical (unpaired) electrons. The summed E-state index contributed by atoms with van der Waals surface area (Å²) in [5, 5.41) is 11.3. The van der Waals surface area contributed by atoms with Gasteiger partial charge < -0.3 is 15.3 Å². The minimum atomic E-state index is -0.0974. The van der Waals surface area contributed by atoms with Crippen molar-refractivity contribution in [3.63, 3.8) is 0 Å². The summed E-state index contributed by atoms with van der Waals surface area (Å²) in [5.74, 6) is 1.06. The standard InChI is InChI=1S/C10H18N2O3S/c13-5-3-1-2-4-11-9(14)6-12-8-16-7-10(12)15/h13H,1-8H2,(H,11,14). The van der Waals surface area contributed by atoms with Gasteiger partial charge in [0.15, 0.2) is 0 Å². The quantitative estimate of drug-likeness (QED) is 0.610. The van der Waals surface area contributed by atoms with Crippen LogP contribution in [0.3, 0.4) is 0 Å². The monoisotopic (exact) mass is 246 g/mol. The van der Waals surface area contributed by atoms with E-state index in [4.69, 9.17) is 5.11 Å². The van der Waals surface area contributed by atoms with E-state index in [0.29, 0.717) is 18.2 Å². The van der Waals surface area contributed by atoms with E-state index in [1.807, 2.05) is 0 Å². The molecule has 0 atom stereocenters. The van der Waals surface area contributed by atoms with Gasteiger partial charge in [-0.15, -0.1) is 11.8 Å². The fourth-order valence-corrected chi connectivity index (χ4v) is 2.32. The summed E-state index contributed by atoms with van der Waals surface area (Å²) < 4.78 is 0. The molecule has 0 aromatic rings. The van der Waals surface area contributed by atoms with Crippen LogP contribution in [-0.2, 0) is 9.59 Å². The smallest absolute Gasteiger partial charge is 0.239 e. The Labute approximate surface area is 99.6 Å². The number of hydrogen-bond acceptors (Lipinski definition) is 4. The lowest BCUT2D eigenvalue weighted by atomic mass is 10.2. The first-order chi connectivity index (χ1) is 7.74. The fraction of sp³-hybridized carbons (Fsp3) is 0.800. The van der Waals surface area contributed by atoms with Gasteiger partial charge in [-0.05, 0) is 19.3 Å². The molecule has 2 amide bonds. The van der Waals surface area contributed by atoms with Gasteiger partial charge in [-0.3, -0.25) is 9.59 Å². The number of carbonyl (C=O) groups is 2. The molecule has 1 rings (SSSR count). The maximum absolute atomic E-state index is 11.4. The highest BCUT2D eigenvalue weighted by Crippen LogP contribution is 2.13. The second-order valence-electron chi connectivity index (χ2n) is 3.70. The molecule has 0 aromatic heterocycles. The molecule has 92 valence electrons. The van der Waals surface area contributed by atoms with E-state index < -0.39 is 0 Å². The highest BCUT2D eigenvalue weighted by atomic mass is 32.2. The molecule has 5 nitrogen and oxygen atoms in total. The number of rotatable bonds is 7. The summed E-state index contributed by atoms with van der Waals surface area (Å²) in [6.07, 6.45) is 2.56. The number of unbranched alkanes of at least 4 members (excludes halogenated alkanes) is 2. The lowest BCUT2D eigenvalue weighted by Gasteiger charge is -2.13. The summed E-state index contributed by atoms with van der Waals surface area (Å²) in [5.41, 5.74) is 0. The van der Waals surface area contributed by atoms with Gasteiger partial charge in [0.25, 0.3) is 0 Å². The molecule has 1 heterocycles. The van der Waals surface area contributed by atoms with Crippen LogP contribution < -0.4 is 5.32 Å².